The van der Waals surface area contributed by atoms with Crippen LogP contribution in [0.4, 0.5) is 0 Å². The third kappa shape index (κ3) is 6.03. The highest BCUT2D eigenvalue weighted by Crippen LogP contribution is 2.17. The molecule has 3 N–H and O–H groups in total. The van der Waals surface area contributed by atoms with Crippen molar-refractivity contribution >= 4 is 28.2 Å². The van der Waals surface area contributed by atoms with Gasteiger partial charge in [-0.15, -0.1) is 0 Å². The van der Waals surface area contributed by atoms with Crippen molar-refractivity contribution < 1.29 is 9.64 Å². The molecule has 0 bridgehead atoms. The zero-order valence-corrected chi connectivity index (χ0v) is 19.5. The number of aromatic nitrogens is 1. The molecule has 1 aromatic carbocycles. The molecule has 0 spiro atoms. The Morgan fingerprint density at radius 3 is 2.63 bits per heavy atom. The van der Waals surface area contributed by atoms with Crippen LogP contribution in [-0.4, -0.2) is 60.9 Å². The molecular weight excluding hydrogens is 396 g/mol. The lowest BCUT2D eigenvalue weighted by Crippen LogP contribution is -3.14. The van der Waals surface area contributed by atoms with Gasteiger partial charge in [0.05, 0.1) is 32.8 Å². The van der Waals surface area contributed by atoms with Crippen LogP contribution in [0, 0.1) is 19.8 Å². The molecule has 30 heavy (non-hydrogen) atoms. The molecule has 7 heteroatoms. The van der Waals surface area contributed by atoms with Gasteiger partial charge in [-0.25, -0.2) is 0 Å². The topological polar surface area (TPSA) is 61.8 Å². The largest absolute Gasteiger partial charge is 0.370 e. The van der Waals surface area contributed by atoms with E-state index in [2.05, 4.69) is 49.0 Å². The number of nitrogens with zero attached hydrogens (tertiary/aromatic N) is 1. The molecule has 0 radical (unpaired) electrons. The number of hydrogen-bond donors (Lipinski definition) is 3. The van der Waals surface area contributed by atoms with E-state index in [9.17, 15) is 4.79 Å². The molecule has 2 heterocycles. The number of thiocarbonyl (C=S) groups is 1. The van der Waals surface area contributed by atoms with Crippen molar-refractivity contribution in [3.8, 4) is 0 Å². The molecule has 1 saturated heterocycles. The van der Waals surface area contributed by atoms with Crippen molar-refractivity contribution in [2.45, 2.75) is 34.2 Å². The van der Waals surface area contributed by atoms with E-state index in [0.717, 1.165) is 67.5 Å². The van der Waals surface area contributed by atoms with E-state index in [1.165, 1.54) is 16.0 Å². The van der Waals surface area contributed by atoms with Crippen molar-refractivity contribution in [2.24, 2.45) is 5.92 Å². The number of aromatic amines is 1. The second-order valence-electron chi connectivity index (χ2n) is 8.76. The van der Waals surface area contributed by atoms with Crippen LogP contribution in [0.2, 0.25) is 0 Å². The summed E-state index contributed by atoms with van der Waals surface area (Å²) in [5, 5.41) is 5.16. The van der Waals surface area contributed by atoms with Crippen molar-refractivity contribution in [1.82, 2.24) is 15.2 Å². The fourth-order valence-electron chi connectivity index (χ4n) is 3.70. The predicted octanol–water partition coefficient (Wildman–Crippen LogP) is 1.39. The molecular formula is C23H35N4O2S+. The number of hydrogen-bond acceptors (Lipinski definition) is 3. The molecule has 0 unspecified atom stereocenters. The van der Waals surface area contributed by atoms with E-state index < -0.39 is 0 Å². The van der Waals surface area contributed by atoms with E-state index in [4.69, 9.17) is 17.0 Å². The molecule has 2 aromatic rings. The van der Waals surface area contributed by atoms with Gasteiger partial charge in [0.2, 0.25) is 0 Å². The standard InChI is InChI=1S/C23H34N4O2S/c1-16(2)14-24-23(30)27(6-5-26-7-9-29-10-8-26)15-20-13-19-11-17(3)18(4)12-21(19)25-22(20)28/h11-13,16H,5-10,14-15H2,1-4H3,(H,24,30)(H,25,28)/p+1. The lowest BCUT2D eigenvalue weighted by molar-refractivity contribution is -0.907. The van der Waals surface area contributed by atoms with E-state index >= 15 is 0 Å². The number of benzene rings is 1. The number of morpholine rings is 1. The highest BCUT2D eigenvalue weighted by Gasteiger charge is 2.19. The molecule has 3 rings (SSSR count). The summed E-state index contributed by atoms with van der Waals surface area (Å²) in [4.78, 5) is 19.5. The van der Waals surface area contributed by atoms with E-state index in [1.54, 1.807) is 0 Å². The molecule has 6 nitrogen and oxygen atoms in total. The molecule has 1 aromatic heterocycles. The molecule has 1 aliphatic rings. The minimum absolute atomic E-state index is 0.0406. The van der Waals surface area contributed by atoms with Crippen LogP contribution >= 0.6 is 12.2 Å². The summed E-state index contributed by atoms with van der Waals surface area (Å²) in [6.07, 6.45) is 0. The zero-order chi connectivity index (χ0) is 21.7. The van der Waals surface area contributed by atoms with Crippen molar-refractivity contribution in [2.75, 3.05) is 45.9 Å². The Balaban J connectivity index is 1.79. The summed E-state index contributed by atoms with van der Waals surface area (Å²) in [5.74, 6) is 0.505. The lowest BCUT2D eigenvalue weighted by atomic mass is 10.0. The van der Waals surface area contributed by atoms with Gasteiger partial charge in [-0.1, -0.05) is 13.8 Å². The Labute approximate surface area is 184 Å². The Kier molecular flexibility index (Phi) is 7.86. The molecule has 1 fully saturated rings. The number of rotatable bonds is 7. The first kappa shape index (κ1) is 22.7. The van der Waals surface area contributed by atoms with E-state index in [1.807, 2.05) is 12.1 Å². The van der Waals surface area contributed by atoms with Crippen LogP contribution in [0.5, 0.6) is 0 Å². The van der Waals surface area contributed by atoms with E-state index in [-0.39, 0.29) is 5.56 Å². The smallest absolute Gasteiger partial charge is 0.253 e. The molecule has 164 valence electrons. The van der Waals surface area contributed by atoms with Gasteiger partial charge in [-0.05, 0) is 66.7 Å². The average molecular weight is 432 g/mol. The minimum Gasteiger partial charge on any atom is -0.370 e. The van der Waals surface area contributed by atoms with Crippen molar-refractivity contribution in [3.05, 3.63) is 45.2 Å². The van der Waals surface area contributed by atoms with Gasteiger partial charge in [0, 0.05) is 17.6 Å². The average Bonchev–Trinajstić information content (AvgIpc) is 2.71. The van der Waals surface area contributed by atoms with Crippen molar-refractivity contribution in [1.29, 1.82) is 0 Å². The first-order chi connectivity index (χ1) is 14.3. The van der Waals surface area contributed by atoms with Crippen LogP contribution in [-0.2, 0) is 11.3 Å². The van der Waals surface area contributed by atoms with Crippen LogP contribution < -0.4 is 15.8 Å². The Hall–Kier alpha value is -1.96. The third-order valence-electron chi connectivity index (χ3n) is 5.78. The Morgan fingerprint density at radius 2 is 1.93 bits per heavy atom. The number of nitrogens with one attached hydrogen (secondary N) is 3. The summed E-state index contributed by atoms with van der Waals surface area (Å²) in [6, 6.07) is 6.20. The molecule has 0 saturated carbocycles. The normalized spacial score (nSPS) is 15.0. The van der Waals surface area contributed by atoms with Gasteiger partial charge >= 0.3 is 0 Å². The first-order valence-corrected chi connectivity index (χ1v) is 11.3. The van der Waals surface area contributed by atoms with Crippen LogP contribution in [0.15, 0.2) is 23.0 Å². The van der Waals surface area contributed by atoms with Crippen LogP contribution in [0.25, 0.3) is 10.9 Å². The van der Waals surface area contributed by atoms with Gasteiger partial charge in [0.25, 0.3) is 5.56 Å². The summed E-state index contributed by atoms with van der Waals surface area (Å²) < 4.78 is 5.47. The highest BCUT2D eigenvalue weighted by molar-refractivity contribution is 7.80. The van der Waals surface area contributed by atoms with Gasteiger partial charge in [0.15, 0.2) is 5.11 Å². The molecule has 1 aliphatic heterocycles. The third-order valence-corrected chi connectivity index (χ3v) is 6.18. The maximum Gasteiger partial charge on any atom is 0.253 e. The second-order valence-corrected chi connectivity index (χ2v) is 9.15. The maximum atomic E-state index is 12.8. The number of aryl methyl sites for hydroxylation is 2. The zero-order valence-electron chi connectivity index (χ0n) is 18.6. The van der Waals surface area contributed by atoms with Crippen molar-refractivity contribution in [3.63, 3.8) is 0 Å². The number of fused-ring (bicyclic) bond motifs is 1. The van der Waals surface area contributed by atoms with Crippen LogP contribution in [0.1, 0.15) is 30.5 Å². The van der Waals surface area contributed by atoms with Gasteiger partial charge in [-0.2, -0.15) is 0 Å². The summed E-state index contributed by atoms with van der Waals surface area (Å²) in [5.41, 5.74) is 4.00. The minimum atomic E-state index is -0.0406. The number of H-pyrrole nitrogens is 1. The van der Waals surface area contributed by atoms with Crippen LogP contribution in [0.3, 0.4) is 0 Å². The Morgan fingerprint density at radius 1 is 1.23 bits per heavy atom. The number of pyridine rings is 1. The Bertz CT molecular complexity index is 935. The van der Waals surface area contributed by atoms with Gasteiger partial charge in [-0.3, -0.25) is 4.79 Å². The second kappa shape index (κ2) is 10.4. The SMILES string of the molecule is Cc1cc2cc(CN(CC[NH+]3CCOCC3)C(=S)NCC(C)C)c(=O)[nH]c2cc1C. The monoisotopic (exact) mass is 431 g/mol. The van der Waals surface area contributed by atoms with E-state index in [0.29, 0.717) is 12.5 Å². The number of quaternary nitrogens is 1. The maximum absolute atomic E-state index is 12.8. The van der Waals surface area contributed by atoms with Gasteiger partial charge in [0.1, 0.15) is 13.1 Å². The molecule has 0 atom stereocenters. The summed E-state index contributed by atoms with van der Waals surface area (Å²) >= 11 is 5.71. The fourth-order valence-corrected chi connectivity index (χ4v) is 3.94. The van der Waals surface area contributed by atoms with Gasteiger partial charge < -0.3 is 24.8 Å². The summed E-state index contributed by atoms with van der Waals surface area (Å²) in [6.45, 7) is 15.3. The quantitative estimate of drug-likeness (QED) is 0.579. The molecule has 0 amide bonds. The highest BCUT2D eigenvalue weighted by atomic mass is 32.1. The first-order valence-electron chi connectivity index (χ1n) is 10.9. The summed E-state index contributed by atoms with van der Waals surface area (Å²) in [7, 11) is 0. The fraction of sp³-hybridized carbons (Fsp3) is 0.565. The number of ether oxygens (including phenoxy) is 1. The predicted molar refractivity (Wildman–Crippen MR) is 126 cm³/mol. The lowest BCUT2D eigenvalue weighted by Gasteiger charge is -2.30. The molecule has 0 aliphatic carbocycles.